The first-order chi connectivity index (χ1) is 22.1. The highest BCUT2D eigenvalue weighted by atomic mass is 16.6. The molecule has 0 saturated heterocycles. The van der Waals surface area contributed by atoms with Crippen LogP contribution in [0.2, 0.25) is 0 Å². The second-order valence-electron chi connectivity index (χ2n) is 14.3. The number of esters is 2. The van der Waals surface area contributed by atoms with E-state index in [0.29, 0.717) is 6.42 Å². The Kier molecular flexibility index (Phi) is 29.5. The smallest absolute Gasteiger partial charge is 0.306 e. The van der Waals surface area contributed by atoms with Gasteiger partial charge in [0.25, 0.3) is 0 Å². The van der Waals surface area contributed by atoms with Gasteiger partial charge in [0, 0.05) is 19.8 Å². The van der Waals surface area contributed by atoms with E-state index in [-0.39, 0.29) is 36.7 Å². The maximum Gasteiger partial charge on any atom is 0.306 e. The third kappa shape index (κ3) is 29.7. The first kappa shape index (κ1) is 44.3. The standard InChI is InChI=1S/C38H73NO7/c1-6-7-8-9-10-11-12-13-14-15-16-17-18-19-20-21-22-23-24-25-26-27-28-29-37(41)46-35(33-45-34(2)40)32-44-31-30-36(38(42)43)39(3,4)5/h35-36H,6-33H2,1-5H3. The molecule has 0 rings (SSSR count). The van der Waals surface area contributed by atoms with Crippen molar-refractivity contribution < 1.29 is 38.2 Å². The van der Waals surface area contributed by atoms with Crippen molar-refractivity contribution in [1.82, 2.24) is 0 Å². The van der Waals surface area contributed by atoms with Gasteiger partial charge in [0.05, 0.1) is 40.3 Å². The number of quaternary nitrogens is 1. The fraction of sp³-hybridized carbons (Fsp3) is 0.921. The molecule has 0 spiro atoms. The predicted octanol–water partition coefficient (Wildman–Crippen LogP) is 8.08. The summed E-state index contributed by atoms with van der Waals surface area (Å²) in [5.74, 6) is -1.92. The Morgan fingerprint density at radius 2 is 1.00 bits per heavy atom. The SMILES string of the molecule is CCCCCCCCCCCCCCCCCCCCCCCCCC(=O)OC(COCCC(C(=O)[O-])[N+](C)(C)C)COC(C)=O. The van der Waals surface area contributed by atoms with Crippen LogP contribution in [0.4, 0.5) is 0 Å². The van der Waals surface area contributed by atoms with Crippen LogP contribution >= 0.6 is 0 Å². The highest BCUT2D eigenvalue weighted by molar-refractivity contribution is 5.70. The lowest BCUT2D eigenvalue weighted by Crippen LogP contribution is -2.55. The normalized spacial score (nSPS) is 13.0. The molecule has 0 aromatic heterocycles. The van der Waals surface area contributed by atoms with Gasteiger partial charge in [-0.1, -0.05) is 148 Å². The number of nitrogens with zero attached hydrogens (tertiary/aromatic N) is 1. The molecule has 8 heteroatoms. The molecule has 0 heterocycles. The molecule has 0 aliphatic carbocycles. The van der Waals surface area contributed by atoms with Crippen molar-refractivity contribution in [2.45, 2.75) is 187 Å². The van der Waals surface area contributed by atoms with Gasteiger partial charge in [-0.15, -0.1) is 0 Å². The quantitative estimate of drug-likeness (QED) is 0.0392. The van der Waals surface area contributed by atoms with Crippen LogP contribution in [0.5, 0.6) is 0 Å². The molecule has 0 amide bonds. The van der Waals surface area contributed by atoms with Gasteiger partial charge in [0.15, 0.2) is 6.10 Å². The number of unbranched alkanes of at least 4 members (excludes halogenated alkanes) is 22. The van der Waals surface area contributed by atoms with Crippen LogP contribution in [-0.2, 0) is 28.6 Å². The number of aliphatic carboxylic acids is 1. The molecule has 2 unspecified atom stereocenters. The number of hydrogen-bond donors (Lipinski definition) is 0. The predicted molar refractivity (Wildman–Crippen MR) is 185 cm³/mol. The average molecular weight is 656 g/mol. The summed E-state index contributed by atoms with van der Waals surface area (Å²) in [6, 6.07) is -0.715. The van der Waals surface area contributed by atoms with Crippen LogP contribution in [0.3, 0.4) is 0 Å². The maximum atomic E-state index is 12.4. The van der Waals surface area contributed by atoms with E-state index in [2.05, 4.69) is 6.92 Å². The molecule has 0 saturated carbocycles. The first-order valence-electron chi connectivity index (χ1n) is 19.0. The van der Waals surface area contributed by atoms with E-state index < -0.39 is 24.1 Å². The van der Waals surface area contributed by atoms with Crippen LogP contribution < -0.4 is 5.11 Å². The number of carboxylic acid groups (broad SMARTS) is 1. The highest BCUT2D eigenvalue weighted by Gasteiger charge is 2.25. The molecule has 0 bridgehead atoms. The van der Waals surface area contributed by atoms with Gasteiger partial charge >= 0.3 is 11.9 Å². The summed E-state index contributed by atoms with van der Waals surface area (Å²) in [6.07, 6.45) is 30.5. The summed E-state index contributed by atoms with van der Waals surface area (Å²) in [4.78, 5) is 35.0. The third-order valence-electron chi connectivity index (χ3n) is 8.80. The second kappa shape index (κ2) is 30.7. The van der Waals surface area contributed by atoms with Gasteiger partial charge in [-0.25, -0.2) is 0 Å². The van der Waals surface area contributed by atoms with E-state index in [1.807, 2.05) is 0 Å². The van der Waals surface area contributed by atoms with Crippen molar-refractivity contribution in [1.29, 1.82) is 0 Å². The third-order valence-corrected chi connectivity index (χ3v) is 8.80. The van der Waals surface area contributed by atoms with Crippen LogP contribution in [0, 0.1) is 0 Å². The summed E-state index contributed by atoms with van der Waals surface area (Å²) in [5.41, 5.74) is 0. The van der Waals surface area contributed by atoms with E-state index in [0.717, 1.165) is 19.3 Å². The van der Waals surface area contributed by atoms with Crippen molar-refractivity contribution in [2.24, 2.45) is 0 Å². The molecule has 0 aliphatic heterocycles. The second-order valence-corrected chi connectivity index (χ2v) is 14.3. The average Bonchev–Trinajstić information content (AvgIpc) is 2.99. The molecule has 272 valence electrons. The molecule has 0 aliphatic rings. The number of likely N-dealkylation sites (N-methyl/N-ethyl adjacent to an activating group) is 1. The minimum atomic E-state index is -1.13. The summed E-state index contributed by atoms with van der Waals surface area (Å²) in [6.45, 7) is 3.70. The van der Waals surface area contributed by atoms with Gasteiger partial charge in [-0.3, -0.25) is 9.59 Å². The lowest BCUT2D eigenvalue weighted by molar-refractivity contribution is -0.889. The molecule has 0 N–H and O–H groups in total. The first-order valence-corrected chi connectivity index (χ1v) is 19.0. The minimum absolute atomic E-state index is 0.0370. The lowest BCUT2D eigenvalue weighted by Gasteiger charge is -2.34. The fourth-order valence-electron chi connectivity index (χ4n) is 5.86. The Morgan fingerprint density at radius 3 is 1.35 bits per heavy atom. The van der Waals surface area contributed by atoms with Crippen LogP contribution in [0.1, 0.15) is 174 Å². The monoisotopic (exact) mass is 656 g/mol. The number of carbonyl (C=O) groups is 3. The maximum absolute atomic E-state index is 12.4. The fourth-order valence-corrected chi connectivity index (χ4v) is 5.86. The number of hydrogen-bond acceptors (Lipinski definition) is 7. The van der Waals surface area contributed by atoms with E-state index in [1.165, 1.54) is 135 Å². The van der Waals surface area contributed by atoms with Crippen molar-refractivity contribution in [3.63, 3.8) is 0 Å². The molecule has 0 aromatic carbocycles. The van der Waals surface area contributed by atoms with Gasteiger partial charge in [0.1, 0.15) is 12.6 Å². The zero-order valence-electron chi connectivity index (χ0n) is 30.8. The van der Waals surface area contributed by atoms with Gasteiger partial charge < -0.3 is 28.6 Å². The van der Waals surface area contributed by atoms with Crippen molar-refractivity contribution in [2.75, 3.05) is 41.0 Å². The Morgan fingerprint density at radius 1 is 0.609 bits per heavy atom. The lowest BCUT2D eigenvalue weighted by atomic mass is 10.0. The summed E-state index contributed by atoms with van der Waals surface area (Å²) >= 11 is 0. The molecule has 2 atom stereocenters. The summed E-state index contributed by atoms with van der Waals surface area (Å²) < 4.78 is 16.3. The van der Waals surface area contributed by atoms with Crippen LogP contribution in [0.25, 0.3) is 0 Å². The molecule has 8 nitrogen and oxygen atoms in total. The minimum Gasteiger partial charge on any atom is -0.544 e. The topological polar surface area (TPSA) is 102 Å². The zero-order valence-corrected chi connectivity index (χ0v) is 30.8. The van der Waals surface area contributed by atoms with Crippen LogP contribution in [0.15, 0.2) is 0 Å². The highest BCUT2D eigenvalue weighted by Crippen LogP contribution is 2.16. The van der Waals surface area contributed by atoms with E-state index >= 15 is 0 Å². The summed E-state index contributed by atoms with van der Waals surface area (Å²) in [5, 5.41) is 11.4. The van der Waals surface area contributed by atoms with E-state index in [4.69, 9.17) is 14.2 Å². The number of rotatable bonds is 34. The zero-order chi connectivity index (χ0) is 34.3. The van der Waals surface area contributed by atoms with Gasteiger partial charge in [-0.2, -0.15) is 0 Å². The molecule has 46 heavy (non-hydrogen) atoms. The van der Waals surface area contributed by atoms with Gasteiger partial charge in [0.2, 0.25) is 0 Å². The molecule has 0 radical (unpaired) electrons. The van der Waals surface area contributed by atoms with Crippen molar-refractivity contribution in [3.8, 4) is 0 Å². The Hall–Kier alpha value is -1.67. The Labute approximate surface area is 283 Å². The number of carboxylic acids is 1. The Bertz CT molecular complexity index is 737. The number of ether oxygens (including phenoxy) is 3. The number of carbonyl (C=O) groups excluding carboxylic acids is 3. The van der Waals surface area contributed by atoms with Crippen molar-refractivity contribution >= 4 is 17.9 Å². The van der Waals surface area contributed by atoms with Gasteiger partial charge in [-0.05, 0) is 6.42 Å². The summed E-state index contributed by atoms with van der Waals surface area (Å²) in [7, 11) is 5.36. The van der Waals surface area contributed by atoms with E-state index in [9.17, 15) is 19.5 Å². The Balaban J connectivity index is 3.71. The largest absolute Gasteiger partial charge is 0.544 e. The molecular formula is C38H73NO7. The van der Waals surface area contributed by atoms with Crippen LogP contribution in [-0.4, -0.2) is 75.5 Å². The van der Waals surface area contributed by atoms with Crippen molar-refractivity contribution in [3.05, 3.63) is 0 Å². The van der Waals surface area contributed by atoms with E-state index in [1.54, 1.807) is 21.1 Å². The molecule has 0 fully saturated rings. The molecular weight excluding hydrogens is 582 g/mol. The molecule has 0 aromatic rings.